The summed E-state index contributed by atoms with van der Waals surface area (Å²) in [6.45, 7) is -1.97. The first-order chi connectivity index (χ1) is 18.6. The predicted octanol–water partition coefficient (Wildman–Crippen LogP) is 3.67. The van der Waals surface area contributed by atoms with Gasteiger partial charge in [0, 0.05) is 12.0 Å². The summed E-state index contributed by atoms with van der Waals surface area (Å²) < 4.78 is 51.1. The van der Waals surface area contributed by atoms with Crippen LogP contribution in [-0.4, -0.2) is 63.3 Å². The summed E-state index contributed by atoms with van der Waals surface area (Å²) in [4.78, 5) is 36.9. The van der Waals surface area contributed by atoms with Crippen LogP contribution in [0.5, 0.6) is 0 Å². The SMILES string of the molecule is O=C(NCC(F)(F)F)c1ccc(-n2nnc(C(=O)NC(Cc3ccccc3)C(=O)O)c2CCCCCF)cc1. The molecule has 208 valence electrons. The number of carboxylic acid groups (broad SMARTS) is 1. The molecule has 1 unspecified atom stereocenters. The fraction of sp³-hybridized carbons (Fsp3) is 0.346. The fourth-order valence-corrected chi connectivity index (χ4v) is 3.79. The highest BCUT2D eigenvalue weighted by molar-refractivity contribution is 5.96. The maximum absolute atomic E-state index is 13.1. The van der Waals surface area contributed by atoms with Crippen molar-refractivity contribution in [1.29, 1.82) is 0 Å². The van der Waals surface area contributed by atoms with E-state index in [4.69, 9.17) is 0 Å². The first-order valence-corrected chi connectivity index (χ1v) is 12.1. The van der Waals surface area contributed by atoms with Crippen LogP contribution in [0.25, 0.3) is 5.69 Å². The second-order valence-corrected chi connectivity index (χ2v) is 8.69. The minimum absolute atomic E-state index is 0.0178. The molecule has 0 saturated heterocycles. The predicted molar refractivity (Wildman–Crippen MR) is 132 cm³/mol. The number of carboxylic acids is 1. The summed E-state index contributed by atoms with van der Waals surface area (Å²) >= 11 is 0. The monoisotopic (exact) mass is 549 g/mol. The summed E-state index contributed by atoms with van der Waals surface area (Å²) in [6, 6.07) is 13.0. The van der Waals surface area contributed by atoms with E-state index in [0.717, 1.165) is 0 Å². The Kier molecular flexibility index (Phi) is 10.1. The van der Waals surface area contributed by atoms with E-state index < -0.39 is 43.2 Å². The van der Waals surface area contributed by atoms with Crippen molar-refractivity contribution in [2.45, 2.75) is 44.3 Å². The number of benzene rings is 2. The lowest BCUT2D eigenvalue weighted by molar-refractivity contribution is -0.139. The molecule has 0 saturated carbocycles. The maximum atomic E-state index is 13.1. The van der Waals surface area contributed by atoms with Crippen LogP contribution in [0.15, 0.2) is 54.6 Å². The van der Waals surface area contributed by atoms with Gasteiger partial charge in [-0.15, -0.1) is 5.10 Å². The van der Waals surface area contributed by atoms with Gasteiger partial charge in [0.1, 0.15) is 12.6 Å². The number of rotatable bonds is 13. The van der Waals surface area contributed by atoms with Crippen molar-refractivity contribution >= 4 is 17.8 Å². The molecule has 0 fully saturated rings. The highest BCUT2D eigenvalue weighted by atomic mass is 19.4. The Morgan fingerprint density at radius 1 is 0.949 bits per heavy atom. The third kappa shape index (κ3) is 8.62. The minimum Gasteiger partial charge on any atom is -0.480 e. The van der Waals surface area contributed by atoms with Gasteiger partial charge >= 0.3 is 12.1 Å². The molecule has 0 aliphatic rings. The molecule has 3 aromatic rings. The van der Waals surface area contributed by atoms with E-state index in [2.05, 4.69) is 15.6 Å². The molecule has 13 heteroatoms. The van der Waals surface area contributed by atoms with E-state index in [-0.39, 0.29) is 24.1 Å². The smallest absolute Gasteiger partial charge is 0.405 e. The third-order valence-corrected chi connectivity index (χ3v) is 5.73. The van der Waals surface area contributed by atoms with E-state index in [1.165, 1.54) is 28.9 Å². The normalized spacial score (nSPS) is 12.1. The van der Waals surface area contributed by atoms with Crippen LogP contribution < -0.4 is 10.6 Å². The number of carbonyl (C=O) groups excluding carboxylic acids is 2. The van der Waals surface area contributed by atoms with Gasteiger partial charge in [0.25, 0.3) is 11.8 Å². The quantitative estimate of drug-likeness (QED) is 0.221. The van der Waals surface area contributed by atoms with E-state index in [1.54, 1.807) is 35.6 Å². The van der Waals surface area contributed by atoms with Gasteiger partial charge in [0.2, 0.25) is 0 Å². The van der Waals surface area contributed by atoms with E-state index in [9.17, 15) is 37.1 Å². The Balaban J connectivity index is 1.83. The molecule has 0 radical (unpaired) electrons. The number of halogens is 4. The third-order valence-electron chi connectivity index (χ3n) is 5.73. The number of aromatic nitrogens is 3. The van der Waals surface area contributed by atoms with Crippen molar-refractivity contribution in [2.24, 2.45) is 0 Å². The Bertz CT molecular complexity index is 1260. The number of carbonyl (C=O) groups is 3. The van der Waals surface area contributed by atoms with Gasteiger partial charge < -0.3 is 15.7 Å². The molecule has 2 aromatic carbocycles. The number of unbranched alkanes of at least 4 members (excludes halogenated alkanes) is 2. The number of aliphatic carboxylic acids is 1. The van der Waals surface area contributed by atoms with Crippen molar-refractivity contribution < 1.29 is 37.1 Å². The summed E-state index contributed by atoms with van der Waals surface area (Å²) in [5.41, 5.74) is 1.29. The number of nitrogens with one attached hydrogen (secondary N) is 2. The van der Waals surface area contributed by atoms with Gasteiger partial charge in [0.05, 0.1) is 18.1 Å². The lowest BCUT2D eigenvalue weighted by atomic mass is 10.1. The van der Waals surface area contributed by atoms with Gasteiger partial charge in [-0.25, -0.2) is 9.48 Å². The van der Waals surface area contributed by atoms with Crippen molar-refractivity contribution in [3.63, 3.8) is 0 Å². The van der Waals surface area contributed by atoms with Gasteiger partial charge in [0.15, 0.2) is 5.69 Å². The second kappa shape index (κ2) is 13.5. The van der Waals surface area contributed by atoms with Crippen molar-refractivity contribution in [3.8, 4) is 5.69 Å². The Morgan fingerprint density at radius 2 is 1.64 bits per heavy atom. The van der Waals surface area contributed by atoms with Crippen LogP contribution in [0.2, 0.25) is 0 Å². The number of alkyl halides is 4. The topological polar surface area (TPSA) is 126 Å². The highest BCUT2D eigenvalue weighted by Crippen LogP contribution is 2.18. The lowest BCUT2D eigenvalue weighted by Crippen LogP contribution is -2.42. The average Bonchev–Trinajstić information content (AvgIpc) is 3.33. The van der Waals surface area contributed by atoms with Crippen LogP contribution in [0, 0.1) is 0 Å². The van der Waals surface area contributed by atoms with Crippen LogP contribution in [0.4, 0.5) is 17.6 Å². The standard InChI is InChI=1S/C26H27F4N5O4/c27-14-6-2-5-9-21-22(24(37)32-20(25(38)39)15-17-7-3-1-4-8-17)33-34-35(21)19-12-10-18(11-13-19)23(36)31-16-26(28,29)30/h1,3-4,7-8,10-13,20H,2,5-6,9,14-16H2,(H,31,36)(H,32,37)(H,38,39). The van der Waals surface area contributed by atoms with Crippen LogP contribution in [0.1, 0.15) is 51.4 Å². The molecule has 1 aromatic heterocycles. The number of amides is 2. The molecule has 0 aliphatic heterocycles. The molecule has 2 amide bonds. The van der Waals surface area contributed by atoms with Crippen LogP contribution in [0.3, 0.4) is 0 Å². The summed E-state index contributed by atoms with van der Waals surface area (Å²) in [5, 5.41) is 21.9. The lowest BCUT2D eigenvalue weighted by Gasteiger charge is -2.15. The zero-order valence-corrected chi connectivity index (χ0v) is 20.7. The molecule has 1 heterocycles. The average molecular weight is 550 g/mol. The van der Waals surface area contributed by atoms with Gasteiger partial charge in [-0.1, -0.05) is 42.0 Å². The Hall–Kier alpha value is -4.29. The number of nitrogens with zero attached hydrogens (tertiary/aromatic N) is 3. The number of hydrogen-bond acceptors (Lipinski definition) is 5. The van der Waals surface area contributed by atoms with E-state index >= 15 is 0 Å². The largest absolute Gasteiger partial charge is 0.480 e. The van der Waals surface area contributed by atoms with E-state index in [1.807, 2.05) is 0 Å². The van der Waals surface area contributed by atoms with Crippen LogP contribution in [-0.2, 0) is 17.6 Å². The van der Waals surface area contributed by atoms with Gasteiger partial charge in [-0.05, 0) is 49.1 Å². The highest BCUT2D eigenvalue weighted by Gasteiger charge is 2.28. The molecule has 0 aliphatic carbocycles. The zero-order chi connectivity index (χ0) is 28.4. The minimum atomic E-state index is -4.55. The van der Waals surface area contributed by atoms with Gasteiger partial charge in [-0.2, -0.15) is 13.2 Å². The van der Waals surface area contributed by atoms with Gasteiger partial charge in [-0.3, -0.25) is 14.0 Å². The van der Waals surface area contributed by atoms with Crippen molar-refractivity contribution in [1.82, 2.24) is 25.6 Å². The maximum Gasteiger partial charge on any atom is 0.405 e. The Labute approximate surface area is 221 Å². The first-order valence-electron chi connectivity index (χ1n) is 12.1. The van der Waals surface area contributed by atoms with Crippen molar-refractivity contribution in [2.75, 3.05) is 13.2 Å². The molecule has 39 heavy (non-hydrogen) atoms. The molecule has 1 atom stereocenters. The zero-order valence-electron chi connectivity index (χ0n) is 20.7. The Morgan fingerprint density at radius 3 is 2.26 bits per heavy atom. The summed E-state index contributed by atoms with van der Waals surface area (Å²) in [7, 11) is 0. The second-order valence-electron chi connectivity index (χ2n) is 8.69. The molecular weight excluding hydrogens is 522 g/mol. The molecule has 0 spiro atoms. The molecule has 3 rings (SSSR count). The molecule has 9 nitrogen and oxygen atoms in total. The molecule has 3 N–H and O–H groups in total. The summed E-state index contributed by atoms with van der Waals surface area (Å²) in [6.07, 6.45) is -2.91. The molecule has 0 bridgehead atoms. The number of hydrogen-bond donors (Lipinski definition) is 3. The van der Waals surface area contributed by atoms with E-state index in [0.29, 0.717) is 36.2 Å². The van der Waals surface area contributed by atoms with Crippen molar-refractivity contribution in [3.05, 3.63) is 77.1 Å². The first kappa shape index (κ1) is 29.3. The molecular formula is C26H27F4N5O4. The van der Waals surface area contributed by atoms with Crippen LogP contribution >= 0.6 is 0 Å². The fourth-order valence-electron chi connectivity index (χ4n) is 3.79. The summed E-state index contributed by atoms with van der Waals surface area (Å²) in [5.74, 6) is -2.90.